The maximum atomic E-state index is 11.9. The van der Waals surface area contributed by atoms with Gasteiger partial charge < -0.3 is 14.9 Å². The number of nitrogens with zero attached hydrogens (tertiary/aromatic N) is 1. The van der Waals surface area contributed by atoms with E-state index >= 15 is 0 Å². The number of carboxylic acid groups (broad SMARTS) is 1. The second kappa shape index (κ2) is 6.18. The van der Waals surface area contributed by atoms with Gasteiger partial charge in [0.2, 0.25) is 0 Å². The molecule has 1 rings (SSSR count). The first kappa shape index (κ1) is 14.2. The van der Waals surface area contributed by atoms with Crippen molar-refractivity contribution in [3.8, 4) is 0 Å². The van der Waals surface area contributed by atoms with Crippen molar-refractivity contribution in [3.05, 3.63) is 17.0 Å². The Bertz CT molecular complexity index is 439. The summed E-state index contributed by atoms with van der Waals surface area (Å²) >= 11 is 0. The number of hydrogen-bond acceptors (Lipinski definition) is 4. The molecule has 100 valence electrons. The third kappa shape index (κ3) is 3.32. The molecule has 18 heavy (non-hydrogen) atoms. The number of carbonyl (C=O) groups is 2. The molecule has 2 N–H and O–H groups in total. The smallest absolute Gasteiger partial charge is 0.306 e. The summed E-state index contributed by atoms with van der Waals surface area (Å²) in [6, 6.07) is 0. The first-order valence-electron chi connectivity index (χ1n) is 5.93. The molecule has 0 aliphatic heterocycles. The van der Waals surface area contributed by atoms with Crippen LogP contribution in [-0.2, 0) is 11.2 Å². The monoisotopic (exact) mass is 254 g/mol. The maximum absolute atomic E-state index is 11.9. The van der Waals surface area contributed by atoms with E-state index in [1.807, 2.05) is 6.92 Å². The zero-order valence-electron chi connectivity index (χ0n) is 10.8. The van der Waals surface area contributed by atoms with E-state index in [4.69, 9.17) is 9.63 Å². The molecule has 1 aromatic heterocycles. The van der Waals surface area contributed by atoms with Crippen LogP contribution in [0, 0.1) is 12.8 Å². The lowest BCUT2D eigenvalue weighted by atomic mass is 10.1. The minimum atomic E-state index is -0.861. The lowest BCUT2D eigenvalue weighted by molar-refractivity contribution is -0.141. The van der Waals surface area contributed by atoms with Gasteiger partial charge in [-0.05, 0) is 19.8 Å². The second-order valence-electron chi connectivity index (χ2n) is 4.20. The van der Waals surface area contributed by atoms with Crippen LogP contribution in [-0.4, -0.2) is 28.7 Å². The first-order valence-corrected chi connectivity index (χ1v) is 5.93. The number of aryl methyl sites for hydroxylation is 2. The molecule has 0 aliphatic carbocycles. The van der Waals surface area contributed by atoms with Crippen LogP contribution in [0.2, 0.25) is 0 Å². The average molecular weight is 254 g/mol. The fourth-order valence-corrected chi connectivity index (χ4v) is 1.56. The Hall–Kier alpha value is -1.85. The fraction of sp³-hybridized carbons (Fsp3) is 0.583. The molecular formula is C12H18N2O4. The Morgan fingerprint density at radius 3 is 2.72 bits per heavy atom. The van der Waals surface area contributed by atoms with Crippen LogP contribution in [0.1, 0.15) is 42.1 Å². The zero-order valence-corrected chi connectivity index (χ0v) is 10.8. The van der Waals surface area contributed by atoms with Gasteiger partial charge >= 0.3 is 5.97 Å². The van der Waals surface area contributed by atoms with Crippen LogP contribution < -0.4 is 5.32 Å². The second-order valence-corrected chi connectivity index (χ2v) is 4.20. The summed E-state index contributed by atoms with van der Waals surface area (Å²) in [5.41, 5.74) is 1.08. The zero-order chi connectivity index (χ0) is 13.7. The van der Waals surface area contributed by atoms with E-state index < -0.39 is 11.9 Å². The van der Waals surface area contributed by atoms with Crippen molar-refractivity contribution in [1.29, 1.82) is 0 Å². The van der Waals surface area contributed by atoms with Crippen molar-refractivity contribution >= 4 is 11.9 Å². The molecule has 0 radical (unpaired) electrons. The van der Waals surface area contributed by atoms with E-state index in [0.717, 1.165) is 0 Å². The molecule has 1 aromatic rings. The Balaban J connectivity index is 2.55. The summed E-state index contributed by atoms with van der Waals surface area (Å²) in [5, 5.41) is 15.2. The maximum Gasteiger partial charge on any atom is 0.306 e. The van der Waals surface area contributed by atoms with Gasteiger partial charge in [0, 0.05) is 6.54 Å². The Labute approximate surface area is 105 Å². The van der Waals surface area contributed by atoms with Crippen molar-refractivity contribution in [1.82, 2.24) is 10.5 Å². The van der Waals surface area contributed by atoms with E-state index in [1.165, 1.54) is 0 Å². The van der Waals surface area contributed by atoms with Gasteiger partial charge in [-0.15, -0.1) is 0 Å². The Morgan fingerprint density at radius 2 is 2.17 bits per heavy atom. The molecule has 6 heteroatoms. The van der Waals surface area contributed by atoms with E-state index in [2.05, 4.69) is 10.5 Å². The van der Waals surface area contributed by atoms with E-state index in [9.17, 15) is 9.59 Å². The van der Waals surface area contributed by atoms with Crippen molar-refractivity contribution in [2.45, 2.75) is 33.6 Å². The first-order chi connectivity index (χ1) is 8.47. The summed E-state index contributed by atoms with van der Waals surface area (Å²) in [5.74, 6) is -1.11. The third-order valence-corrected chi connectivity index (χ3v) is 2.78. The van der Waals surface area contributed by atoms with Crippen LogP contribution in [0.25, 0.3) is 0 Å². The number of nitrogens with one attached hydrogen (secondary N) is 1. The predicted octanol–water partition coefficient (Wildman–Crippen LogP) is 1.39. The number of aliphatic carboxylic acids is 1. The molecule has 6 nitrogen and oxygen atoms in total. The number of carbonyl (C=O) groups excluding carboxylic acids is 1. The van der Waals surface area contributed by atoms with Gasteiger partial charge in [0.25, 0.3) is 5.91 Å². The molecule has 0 bridgehead atoms. The van der Waals surface area contributed by atoms with Crippen LogP contribution in [0.4, 0.5) is 0 Å². The summed E-state index contributed by atoms with van der Waals surface area (Å²) < 4.78 is 4.97. The number of rotatable bonds is 6. The highest BCUT2D eigenvalue weighted by atomic mass is 16.5. The molecule has 1 atom stereocenters. The van der Waals surface area contributed by atoms with Gasteiger partial charge in [0.05, 0.1) is 11.6 Å². The summed E-state index contributed by atoms with van der Waals surface area (Å²) in [6.45, 7) is 5.50. The van der Waals surface area contributed by atoms with E-state index in [1.54, 1.807) is 13.8 Å². The van der Waals surface area contributed by atoms with Crippen molar-refractivity contribution in [3.63, 3.8) is 0 Å². The molecule has 1 amide bonds. The minimum absolute atomic E-state index is 0.261. The van der Waals surface area contributed by atoms with Gasteiger partial charge in [0.15, 0.2) is 0 Å². The van der Waals surface area contributed by atoms with Crippen LogP contribution >= 0.6 is 0 Å². The lowest BCUT2D eigenvalue weighted by Crippen LogP contribution is -2.28. The van der Waals surface area contributed by atoms with E-state index in [0.29, 0.717) is 36.4 Å². The molecule has 1 unspecified atom stereocenters. The standard InChI is InChI=1S/C12H18N2O4/c1-4-9-10(8(3)18-14-9)11(15)13-6-5-7(2)12(16)17/h7H,4-6H2,1-3H3,(H,13,15)(H,16,17). The molecule has 0 aromatic carbocycles. The normalized spacial score (nSPS) is 12.2. The molecular weight excluding hydrogens is 236 g/mol. The van der Waals surface area contributed by atoms with Crippen LogP contribution in [0.3, 0.4) is 0 Å². The molecule has 0 saturated heterocycles. The van der Waals surface area contributed by atoms with Gasteiger partial charge in [-0.25, -0.2) is 0 Å². The molecule has 0 spiro atoms. The molecule has 0 fully saturated rings. The van der Waals surface area contributed by atoms with Crippen molar-refractivity contribution < 1.29 is 19.2 Å². The lowest BCUT2D eigenvalue weighted by Gasteiger charge is -2.07. The number of hydrogen-bond donors (Lipinski definition) is 2. The Morgan fingerprint density at radius 1 is 1.50 bits per heavy atom. The number of amides is 1. The average Bonchev–Trinajstić information content (AvgIpc) is 2.69. The topological polar surface area (TPSA) is 92.4 Å². The number of carboxylic acids is 1. The fourth-order valence-electron chi connectivity index (χ4n) is 1.56. The number of aromatic nitrogens is 1. The van der Waals surface area contributed by atoms with Crippen LogP contribution in [0.5, 0.6) is 0 Å². The van der Waals surface area contributed by atoms with Crippen molar-refractivity contribution in [2.75, 3.05) is 6.54 Å². The highest BCUT2D eigenvalue weighted by Crippen LogP contribution is 2.13. The quantitative estimate of drug-likeness (QED) is 0.800. The highest BCUT2D eigenvalue weighted by molar-refractivity contribution is 5.96. The van der Waals surface area contributed by atoms with Gasteiger partial charge in [0.1, 0.15) is 11.3 Å². The molecule has 0 saturated carbocycles. The minimum Gasteiger partial charge on any atom is -0.481 e. The van der Waals surface area contributed by atoms with Crippen molar-refractivity contribution in [2.24, 2.45) is 5.92 Å². The van der Waals surface area contributed by atoms with Gasteiger partial charge in [-0.2, -0.15) is 0 Å². The van der Waals surface area contributed by atoms with E-state index in [-0.39, 0.29) is 5.91 Å². The van der Waals surface area contributed by atoms with Gasteiger partial charge in [-0.3, -0.25) is 9.59 Å². The SMILES string of the molecule is CCc1noc(C)c1C(=O)NCCC(C)C(=O)O. The highest BCUT2D eigenvalue weighted by Gasteiger charge is 2.19. The van der Waals surface area contributed by atoms with Gasteiger partial charge in [-0.1, -0.05) is 19.0 Å². The van der Waals surface area contributed by atoms with Crippen LogP contribution in [0.15, 0.2) is 4.52 Å². The summed E-state index contributed by atoms with van der Waals surface area (Å²) in [7, 11) is 0. The molecule has 0 aliphatic rings. The largest absolute Gasteiger partial charge is 0.481 e. The molecule has 1 heterocycles. The summed E-state index contributed by atoms with van der Waals surface area (Å²) in [6.07, 6.45) is 1.01. The Kier molecular flexibility index (Phi) is 4.88. The predicted molar refractivity (Wildman–Crippen MR) is 64.4 cm³/mol. The third-order valence-electron chi connectivity index (χ3n) is 2.78. The summed E-state index contributed by atoms with van der Waals surface area (Å²) in [4.78, 5) is 22.5.